The third-order valence-electron chi connectivity index (χ3n) is 2.90. The summed E-state index contributed by atoms with van der Waals surface area (Å²) in [4.78, 5) is 15.4. The molecule has 0 radical (unpaired) electrons. The maximum Gasteiger partial charge on any atom is 0.339 e. The van der Waals surface area contributed by atoms with Crippen molar-refractivity contribution in [3.63, 3.8) is 0 Å². The number of aromatic carboxylic acids is 1. The first-order valence-corrected chi connectivity index (χ1v) is 5.96. The topological polar surface area (TPSA) is 80.0 Å². The van der Waals surface area contributed by atoms with E-state index in [4.69, 9.17) is 0 Å². The number of fused-ring (bicyclic) bond motifs is 1. The molecule has 0 aromatic carbocycles. The van der Waals surface area contributed by atoms with Crippen LogP contribution in [0.15, 0.2) is 25.0 Å². The number of aryl methyl sites for hydroxylation is 1. The molecule has 1 unspecified atom stereocenters. The molecule has 0 aliphatic rings. The third-order valence-corrected chi connectivity index (χ3v) is 2.90. The highest BCUT2D eigenvalue weighted by molar-refractivity contribution is 6.03. The summed E-state index contributed by atoms with van der Waals surface area (Å²) in [5.74, 6) is -1.01. The molecule has 0 saturated carbocycles. The van der Waals surface area contributed by atoms with Crippen LogP contribution in [0.3, 0.4) is 0 Å². The van der Waals surface area contributed by atoms with Crippen molar-refractivity contribution in [3.05, 3.63) is 30.6 Å². The number of carboxylic acids is 1. The summed E-state index contributed by atoms with van der Waals surface area (Å²) >= 11 is 0. The van der Waals surface area contributed by atoms with Gasteiger partial charge in [-0.25, -0.2) is 9.78 Å². The second-order valence-electron chi connectivity index (χ2n) is 4.43. The van der Waals surface area contributed by atoms with Crippen LogP contribution in [0.25, 0.3) is 11.0 Å². The summed E-state index contributed by atoms with van der Waals surface area (Å²) < 4.78 is 1.62. The molecule has 6 heteroatoms. The van der Waals surface area contributed by atoms with Gasteiger partial charge in [-0.05, 0) is 13.3 Å². The van der Waals surface area contributed by atoms with Crippen LogP contribution in [-0.4, -0.2) is 31.9 Å². The number of pyridine rings is 1. The number of carboxylic acid groups (broad SMARTS) is 1. The van der Waals surface area contributed by atoms with Crippen molar-refractivity contribution in [1.29, 1.82) is 0 Å². The number of anilines is 1. The van der Waals surface area contributed by atoms with Gasteiger partial charge in [-0.15, -0.1) is 6.58 Å². The SMILES string of the molecule is C=CCC(C)Nc1c(C(=O)O)cnc2c1cnn2C. The molecule has 0 spiro atoms. The van der Waals surface area contributed by atoms with Crippen LogP contribution >= 0.6 is 0 Å². The van der Waals surface area contributed by atoms with Crippen LogP contribution in [-0.2, 0) is 7.05 Å². The lowest BCUT2D eigenvalue weighted by Gasteiger charge is -2.16. The van der Waals surface area contributed by atoms with Gasteiger partial charge in [0, 0.05) is 19.3 Å². The van der Waals surface area contributed by atoms with E-state index >= 15 is 0 Å². The lowest BCUT2D eigenvalue weighted by Crippen LogP contribution is -2.17. The average molecular weight is 260 g/mol. The molecule has 19 heavy (non-hydrogen) atoms. The zero-order chi connectivity index (χ0) is 14.0. The monoisotopic (exact) mass is 260 g/mol. The van der Waals surface area contributed by atoms with E-state index in [1.165, 1.54) is 6.20 Å². The van der Waals surface area contributed by atoms with E-state index in [2.05, 4.69) is 22.0 Å². The number of hydrogen-bond acceptors (Lipinski definition) is 4. The molecule has 0 saturated heterocycles. The van der Waals surface area contributed by atoms with Crippen molar-refractivity contribution in [2.45, 2.75) is 19.4 Å². The zero-order valence-electron chi connectivity index (χ0n) is 10.9. The second-order valence-corrected chi connectivity index (χ2v) is 4.43. The average Bonchev–Trinajstić information content (AvgIpc) is 2.72. The van der Waals surface area contributed by atoms with Gasteiger partial charge in [-0.3, -0.25) is 4.68 Å². The van der Waals surface area contributed by atoms with E-state index in [0.29, 0.717) is 16.7 Å². The summed E-state index contributed by atoms with van der Waals surface area (Å²) in [6, 6.07) is 0.0846. The largest absolute Gasteiger partial charge is 0.478 e. The molecule has 2 aromatic heterocycles. The summed E-state index contributed by atoms with van der Waals surface area (Å²) in [7, 11) is 1.77. The van der Waals surface area contributed by atoms with E-state index in [1.54, 1.807) is 24.0 Å². The van der Waals surface area contributed by atoms with Gasteiger partial charge < -0.3 is 10.4 Å². The second kappa shape index (κ2) is 5.09. The predicted octanol–water partition coefficient (Wildman–Crippen LogP) is 2.04. The van der Waals surface area contributed by atoms with Crippen LogP contribution < -0.4 is 5.32 Å². The molecule has 2 rings (SSSR count). The lowest BCUT2D eigenvalue weighted by atomic mass is 10.1. The van der Waals surface area contributed by atoms with Gasteiger partial charge in [0.1, 0.15) is 5.56 Å². The quantitative estimate of drug-likeness (QED) is 0.804. The summed E-state index contributed by atoms with van der Waals surface area (Å²) in [6.45, 7) is 5.65. The third kappa shape index (κ3) is 2.42. The minimum Gasteiger partial charge on any atom is -0.478 e. The maximum absolute atomic E-state index is 11.3. The van der Waals surface area contributed by atoms with E-state index in [1.807, 2.05) is 6.92 Å². The predicted molar refractivity (Wildman–Crippen MR) is 73.4 cm³/mol. The number of nitrogens with one attached hydrogen (secondary N) is 1. The van der Waals surface area contributed by atoms with E-state index in [-0.39, 0.29) is 11.6 Å². The van der Waals surface area contributed by atoms with Gasteiger partial charge in [0.25, 0.3) is 0 Å². The summed E-state index contributed by atoms with van der Waals surface area (Å²) in [5.41, 5.74) is 1.36. The van der Waals surface area contributed by atoms with Gasteiger partial charge in [0.15, 0.2) is 5.65 Å². The van der Waals surface area contributed by atoms with Gasteiger partial charge >= 0.3 is 5.97 Å². The number of aromatic nitrogens is 3. The Morgan fingerprint density at radius 1 is 1.63 bits per heavy atom. The van der Waals surface area contributed by atoms with Gasteiger partial charge in [0.2, 0.25) is 0 Å². The highest BCUT2D eigenvalue weighted by atomic mass is 16.4. The zero-order valence-corrected chi connectivity index (χ0v) is 10.9. The highest BCUT2D eigenvalue weighted by Gasteiger charge is 2.17. The first-order chi connectivity index (χ1) is 9.04. The van der Waals surface area contributed by atoms with Gasteiger partial charge in [0.05, 0.1) is 17.3 Å². The van der Waals surface area contributed by atoms with Crippen molar-refractivity contribution >= 4 is 22.7 Å². The van der Waals surface area contributed by atoms with Crippen molar-refractivity contribution in [3.8, 4) is 0 Å². The molecule has 2 aromatic rings. The maximum atomic E-state index is 11.3. The smallest absolute Gasteiger partial charge is 0.339 e. The van der Waals surface area contributed by atoms with E-state index in [9.17, 15) is 9.90 Å². The Morgan fingerprint density at radius 2 is 2.37 bits per heavy atom. The Morgan fingerprint density at radius 3 is 3.00 bits per heavy atom. The fourth-order valence-electron chi connectivity index (χ4n) is 1.97. The molecular formula is C13H16N4O2. The summed E-state index contributed by atoms with van der Waals surface area (Å²) in [6.07, 6.45) is 5.51. The Kier molecular flexibility index (Phi) is 3.50. The molecule has 1 atom stereocenters. The van der Waals surface area contributed by atoms with Crippen molar-refractivity contribution in [2.75, 3.05) is 5.32 Å². The van der Waals surface area contributed by atoms with Crippen LogP contribution in [0, 0.1) is 0 Å². The molecule has 0 amide bonds. The molecule has 6 nitrogen and oxygen atoms in total. The van der Waals surface area contributed by atoms with Gasteiger partial charge in [-0.2, -0.15) is 5.10 Å². The van der Waals surface area contributed by atoms with Crippen molar-refractivity contribution in [1.82, 2.24) is 14.8 Å². The molecule has 0 aliphatic carbocycles. The minimum absolute atomic E-state index is 0.0846. The number of rotatable bonds is 5. The molecule has 0 bridgehead atoms. The highest BCUT2D eigenvalue weighted by Crippen LogP contribution is 2.26. The minimum atomic E-state index is -1.01. The Bertz CT molecular complexity index is 633. The van der Waals surface area contributed by atoms with Crippen LogP contribution in [0.1, 0.15) is 23.7 Å². The fraction of sp³-hybridized carbons (Fsp3) is 0.308. The molecule has 2 heterocycles. The summed E-state index contributed by atoms with van der Waals surface area (Å²) in [5, 5.41) is 17.3. The van der Waals surface area contributed by atoms with Crippen molar-refractivity contribution in [2.24, 2.45) is 7.05 Å². The first-order valence-electron chi connectivity index (χ1n) is 5.96. The van der Waals surface area contributed by atoms with Crippen LogP contribution in [0.4, 0.5) is 5.69 Å². The lowest BCUT2D eigenvalue weighted by molar-refractivity contribution is 0.0697. The number of hydrogen-bond donors (Lipinski definition) is 2. The fourth-order valence-corrected chi connectivity index (χ4v) is 1.97. The standard InChI is InChI=1S/C13H16N4O2/c1-4-5-8(2)16-11-9-7-15-17(3)12(9)14-6-10(11)13(18)19/h4,6-8H,1,5H2,2-3H3,(H,14,16)(H,18,19). The first kappa shape index (κ1) is 13.1. The van der Waals surface area contributed by atoms with E-state index < -0.39 is 5.97 Å². The Balaban J connectivity index is 2.55. The molecule has 0 fully saturated rings. The Labute approximate surface area is 110 Å². The van der Waals surface area contributed by atoms with Gasteiger partial charge in [-0.1, -0.05) is 6.08 Å². The van der Waals surface area contributed by atoms with E-state index in [0.717, 1.165) is 6.42 Å². The molecular weight excluding hydrogens is 244 g/mol. The molecule has 100 valence electrons. The van der Waals surface area contributed by atoms with Crippen LogP contribution in [0.5, 0.6) is 0 Å². The Hall–Kier alpha value is -2.37. The molecule has 2 N–H and O–H groups in total. The number of carbonyl (C=O) groups is 1. The molecule has 0 aliphatic heterocycles. The van der Waals surface area contributed by atoms with Crippen LogP contribution in [0.2, 0.25) is 0 Å². The van der Waals surface area contributed by atoms with Crippen molar-refractivity contribution < 1.29 is 9.90 Å². The normalized spacial score (nSPS) is 12.3. The number of nitrogens with zero attached hydrogens (tertiary/aromatic N) is 3.